The zero-order valence-electron chi connectivity index (χ0n) is 20.7. The lowest BCUT2D eigenvalue weighted by atomic mass is 9.92. The summed E-state index contributed by atoms with van der Waals surface area (Å²) in [5.41, 5.74) is 6.86. The number of halogens is 1. The number of carbonyl (C=O) groups excluding carboxylic acids is 1. The molecule has 0 saturated carbocycles. The summed E-state index contributed by atoms with van der Waals surface area (Å²) in [5, 5.41) is 7.30. The van der Waals surface area contributed by atoms with Crippen LogP contribution in [-0.4, -0.2) is 21.1 Å². The summed E-state index contributed by atoms with van der Waals surface area (Å²) >= 11 is 0. The average molecular weight is 483 g/mol. The first-order valence-electron chi connectivity index (χ1n) is 11.8. The molecule has 6 nitrogen and oxygen atoms in total. The second-order valence-corrected chi connectivity index (χ2v) is 9.19. The van der Waals surface area contributed by atoms with Gasteiger partial charge in [-0.3, -0.25) is 4.90 Å². The van der Waals surface area contributed by atoms with Crippen LogP contribution in [0, 0.1) is 26.6 Å². The fraction of sp³-hybridized carbons (Fsp3) is 0.207. The minimum absolute atomic E-state index is 0.0758. The molecule has 1 unspecified atom stereocenters. The molecule has 1 aliphatic heterocycles. The van der Waals surface area contributed by atoms with Gasteiger partial charge < -0.3 is 9.84 Å². The fourth-order valence-corrected chi connectivity index (χ4v) is 4.39. The highest BCUT2D eigenvalue weighted by atomic mass is 19.1. The van der Waals surface area contributed by atoms with E-state index in [2.05, 4.69) is 16.5 Å². The van der Waals surface area contributed by atoms with E-state index < -0.39 is 6.04 Å². The number of nitrogens with one attached hydrogen (secondary N) is 1. The third kappa shape index (κ3) is 4.40. The van der Waals surface area contributed by atoms with Crippen LogP contribution in [0.1, 0.15) is 46.7 Å². The van der Waals surface area contributed by atoms with E-state index in [4.69, 9.17) is 9.51 Å². The van der Waals surface area contributed by atoms with Crippen LogP contribution < -0.4 is 5.32 Å². The van der Waals surface area contributed by atoms with Crippen LogP contribution in [0.25, 0.3) is 17.0 Å². The topological polar surface area (TPSA) is 71.3 Å². The Bertz CT molecular complexity index is 1470. The van der Waals surface area contributed by atoms with E-state index in [1.54, 1.807) is 18.2 Å². The SMILES string of the molecule is CC1=C(c2nc(-c3ccc(C)cc3)no2)C(c2ccc(C)c(C)c2)NC(=O)N1Cc1ccccc1F. The fourth-order valence-electron chi connectivity index (χ4n) is 4.39. The number of hydrogen-bond donors (Lipinski definition) is 1. The number of aryl methyl sites for hydroxylation is 3. The molecule has 2 heterocycles. The molecule has 0 saturated heterocycles. The predicted molar refractivity (Wildman–Crippen MR) is 136 cm³/mol. The molecule has 1 atom stereocenters. The Balaban J connectivity index is 1.62. The maximum absolute atomic E-state index is 14.4. The molecule has 7 heteroatoms. The van der Waals surface area contributed by atoms with Crippen molar-refractivity contribution in [2.45, 2.75) is 40.3 Å². The molecule has 0 spiro atoms. The molecule has 1 N–H and O–H groups in total. The van der Waals surface area contributed by atoms with Gasteiger partial charge in [-0.15, -0.1) is 0 Å². The standard InChI is InChI=1S/C29H27FN4O2/c1-17-9-12-21(13-10-17)27-32-28(36-33-27)25-20(4)34(16-23-7-5-6-8-24(23)30)29(35)31-26(25)22-14-11-18(2)19(3)15-22/h5-15,26H,16H2,1-4H3,(H,31,35). The third-order valence-corrected chi connectivity index (χ3v) is 6.71. The Kier molecular flexibility index (Phi) is 6.14. The Morgan fingerprint density at radius 3 is 2.44 bits per heavy atom. The number of carbonyl (C=O) groups is 1. The molecule has 1 aromatic heterocycles. The van der Waals surface area contributed by atoms with Crippen LogP contribution in [0.15, 0.2) is 77.0 Å². The van der Waals surface area contributed by atoms with Crippen LogP contribution in [0.2, 0.25) is 0 Å². The molecule has 36 heavy (non-hydrogen) atoms. The van der Waals surface area contributed by atoms with E-state index in [9.17, 15) is 9.18 Å². The Morgan fingerprint density at radius 2 is 1.72 bits per heavy atom. The Labute approximate surface area is 209 Å². The van der Waals surface area contributed by atoms with Crippen molar-refractivity contribution < 1.29 is 13.7 Å². The number of nitrogens with zero attached hydrogens (tertiary/aromatic N) is 3. The molecule has 3 aromatic carbocycles. The second-order valence-electron chi connectivity index (χ2n) is 9.19. The van der Waals surface area contributed by atoms with Crippen LogP contribution >= 0.6 is 0 Å². The molecule has 182 valence electrons. The summed E-state index contributed by atoms with van der Waals surface area (Å²) in [7, 11) is 0. The number of amides is 2. The van der Waals surface area contributed by atoms with Crippen molar-refractivity contribution in [3.63, 3.8) is 0 Å². The van der Waals surface area contributed by atoms with Gasteiger partial charge in [-0.2, -0.15) is 4.98 Å². The van der Waals surface area contributed by atoms with Crippen LogP contribution in [0.3, 0.4) is 0 Å². The van der Waals surface area contributed by atoms with Gasteiger partial charge in [0.1, 0.15) is 5.82 Å². The number of rotatable bonds is 5. The van der Waals surface area contributed by atoms with Crippen molar-refractivity contribution in [2.24, 2.45) is 0 Å². The smallest absolute Gasteiger partial charge is 0.322 e. The first-order valence-corrected chi connectivity index (χ1v) is 11.8. The second kappa shape index (κ2) is 9.41. The zero-order valence-corrected chi connectivity index (χ0v) is 20.7. The Hall–Kier alpha value is -4.26. The van der Waals surface area contributed by atoms with E-state index in [-0.39, 0.29) is 18.4 Å². The maximum atomic E-state index is 14.4. The van der Waals surface area contributed by atoms with Crippen molar-refractivity contribution in [2.75, 3.05) is 0 Å². The van der Waals surface area contributed by atoms with Crippen molar-refractivity contribution in [3.8, 4) is 11.4 Å². The maximum Gasteiger partial charge on any atom is 0.322 e. The highest BCUT2D eigenvalue weighted by Crippen LogP contribution is 2.38. The average Bonchev–Trinajstić information content (AvgIpc) is 3.34. The molecule has 0 bridgehead atoms. The minimum atomic E-state index is -0.500. The monoisotopic (exact) mass is 482 g/mol. The highest BCUT2D eigenvalue weighted by molar-refractivity contribution is 5.87. The van der Waals surface area contributed by atoms with Gasteiger partial charge in [0.05, 0.1) is 18.2 Å². The first kappa shape index (κ1) is 23.5. The van der Waals surface area contributed by atoms with E-state index >= 15 is 0 Å². The van der Waals surface area contributed by atoms with E-state index in [1.807, 2.05) is 64.1 Å². The summed E-state index contributed by atoms with van der Waals surface area (Å²) in [4.78, 5) is 19.5. The van der Waals surface area contributed by atoms with Crippen molar-refractivity contribution >= 4 is 11.6 Å². The normalized spacial score (nSPS) is 15.9. The molecule has 0 aliphatic carbocycles. The van der Waals surface area contributed by atoms with Gasteiger partial charge in [0.25, 0.3) is 5.89 Å². The van der Waals surface area contributed by atoms with E-state index in [0.717, 1.165) is 27.8 Å². The number of benzene rings is 3. The van der Waals surface area contributed by atoms with E-state index in [1.165, 1.54) is 11.0 Å². The van der Waals surface area contributed by atoms with Gasteiger partial charge in [-0.05, 0) is 50.5 Å². The third-order valence-electron chi connectivity index (χ3n) is 6.71. The number of aromatic nitrogens is 2. The van der Waals surface area contributed by atoms with Gasteiger partial charge in [-0.1, -0.05) is 71.4 Å². The number of urea groups is 1. The summed E-state index contributed by atoms with van der Waals surface area (Å²) in [6.45, 7) is 8.00. The number of hydrogen-bond acceptors (Lipinski definition) is 4. The van der Waals surface area contributed by atoms with Gasteiger partial charge in [0.15, 0.2) is 0 Å². The first-order chi connectivity index (χ1) is 17.3. The molecule has 0 fully saturated rings. The summed E-state index contributed by atoms with van der Waals surface area (Å²) in [6.07, 6.45) is 0. The zero-order chi connectivity index (χ0) is 25.4. The molecule has 1 aliphatic rings. The lowest BCUT2D eigenvalue weighted by Gasteiger charge is -2.35. The lowest BCUT2D eigenvalue weighted by molar-refractivity contribution is 0.202. The summed E-state index contributed by atoms with van der Waals surface area (Å²) in [5.74, 6) is 0.405. The molecular weight excluding hydrogens is 455 g/mol. The van der Waals surface area contributed by atoms with Crippen LogP contribution in [0.4, 0.5) is 9.18 Å². The van der Waals surface area contributed by atoms with E-state index in [0.29, 0.717) is 28.5 Å². The van der Waals surface area contributed by atoms with Crippen molar-refractivity contribution in [1.82, 2.24) is 20.4 Å². The Morgan fingerprint density at radius 1 is 0.972 bits per heavy atom. The van der Waals surface area contributed by atoms with Gasteiger partial charge in [0, 0.05) is 16.8 Å². The molecular formula is C29H27FN4O2. The molecule has 4 aromatic rings. The largest absolute Gasteiger partial charge is 0.334 e. The van der Waals surface area contributed by atoms with Crippen molar-refractivity contribution in [1.29, 1.82) is 0 Å². The van der Waals surface area contributed by atoms with Crippen LogP contribution in [0.5, 0.6) is 0 Å². The van der Waals surface area contributed by atoms with Crippen molar-refractivity contribution in [3.05, 3.63) is 112 Å². The minimum Gasteiger partial charge on any atom is -0.334 e. The van der Waals surface area contributed by atoms with Crippen LogP contribution in [-0.2, 0) is 6.54 Å². The molecule has 2 amide bonds. The van der Waals surface area contributed by atoms with Gasteiger partial charge >= 0.3 is 6.03 Å². The van der Waals surface area contributed by atoms with Gasteiger partial charge in [-0.25, -0.2) is 9.18 Å². The van der Waals surface area contributed by atoms with Gasteiger partial charge in [0.2, 0.25) is 5.82 Å². The highest BCUT2D eigenvalue weighted by Gasteiger charge is 2.36. The summed E-state index contributed by atoms with van der Waals surface area (Å²) in [6, 6.07) is 19.6. The predicted octanol–water partition coefficient (Wildman–Crippen LogP) is 6.50. The molecule has 5 rings (SSSR count). The molecule has 0 radical (unpaired) electrons. The number of allylic oxidation sites excluding steroid dienone is 1. The quantitative estimate of drug-likeness (QED) is 0.353. The summed E-state index contributed by atoms with van der Waals surface area (Å²) < 4.78 is 20.2. The lowest BCUT2D eigenvalue weighted by Crippen LogP contribution is -2.45.